The molecule has 0 fully saturated rings. The molecule has 6 heteroatoms. The van der Waals surface area contributed by atoms with Crippen molar-refractivity contribution in [3.8, 4) is 0 Å². The van der Waals surface area contributed by atoms with Crippen molar-refractivity contribution >= 4 is 36.1 Å². The van der Waals surface area contributed by atoms with Gasteiger partial charge in [0.25, 0.3) is 0 Å². The van der Waals surface area contributed by atoms with Crippen LogP contribution in [0.4, 0.5) is 0 Å². The standard InChI is InChI=1S/C4H11NO3S.In.3H/c1-2-3-4-8-9(5,6)7;;;;/h2-4H2,1H3,(H2,5,6,7);;;;. The van der Waals surface area contributed by atoms with Crippen LogP contribution in [0.25, 0.3) is 0 Å². The summed E-state index contributed by atoms with van der Waals surface area (Å²) in [6.45, 7) is 2.13. The maximum atomic E-state index is 10.1. The summed E-state index contributed by atoms with van der Waals surface area (Å²) in [7, 11) is -3.70. The zero-order valence-electron chi connectivity index (χ0n) is 5.33. The Bertz CT molecular complexity index is 156. The molecular formula is C4H14InNO3S. The maximum absolute atomic E-state index is 10.1. The normalized spacial score (nSPS) is 10.6. The molecule has 0 saturated heterocycles. The molecule has 0 aromatic carbocycles. The number of hydrogen-bond acceptors (Lipinski definition) is 3. The molecule has 0 heterocycles. The molecule has 0 amide bonds. The van der Waals surface area contributed by atoms with Crippen LogP contribution in [0.2, 0.25) is 0 Å². The molecule has 0 aliphatic rings. The molecule has 0 aromatic heterocycles. The van der Waals surface area contributed by atoms with Crippen molar-refractivity contribution in [2.24, 2.45) is 5.14 Å². The Morgan fingerprint density at radius 2 is 2.00 bits per heavy atom. The minimum absolute atomic E-state index is 0. The molecule has 0 aliphatic heterocycles. The Morgan fingerprint density at radius 1 is 1.50 bits per heavy atom. The van der Waals surface area contributed by atoms with Crippen LogP contribution in [-0.4, -0.2) is 40.9 Å². The molecule has 0 unspecified atom stereocenters. The Hall–Kier alpha value is 0.740. The van der Waals surface area contributed by atoms with Crippen molar-refractivity contribution in [1.29, 1.82) is 0 Å². The van der Waals surface area contributed by atoms with E-state index in [0.29, 0.717) is 0 Å². The van der Waals surface area contributed by atoms with E-state index in [4.69, 9.17) is 0 Å². The topological polar surface area (TPSA) is 69.4 Å². The van der Waals surface area contributed by atoms with E-state index < -0.39 is 10.3 Å². The molecule has 2 N–H and O–H groups in total. The van der Waals surface area contributed by atoms with Crippen LogP contribution >= 0.6 is 0 Å². The van der Waals surface area contributed by atoms with Crippen LogP contribution in [-0.2, 0) is 14.5 Å². The Balaban J connectivity index is 0. The first kappa shape index (κ1) is 13.3. The van der Waals surface area contributed by atoms with E-state index in [2.05, 4.69) is 9.32 Å². The SMILES string of the molecule is CCCCOS(N)(=O)=O.[InH3]. The quantitative estimate of drug-likeness (QED) is 0.654. The van der Waals surface area contributed by atoms with Crippen molar-refractivity contribution < 1.29 is 12.6 Å². The summed E-state index contributed by atoms with van der Waals surface area (Å²) >= 11 is 0. The second kappa shape index (κ2) is 6.45. The van der Waals surface area contributed by atoms with Gasteiger partial charge >= 0.3 is 36.1 Å². The number of nitrogens with two attached hydrogens (primary N) is 1. The van der Waals surface area contributed by atoms with Crippen LogP contribution in [0.5, 0.6) is 0 Å². The molecule has 0 aromatic rings. The summed E-state index contributed by atoms with van der Waals surface area (Å²) in [5.41, 5.74) is 0. The first-order chi connectivity index (χ1) is 4.06. The summed E-state index contributed by atoms with van der Waals surface area (Å²) in [6, 6.07) is 0. The molecule has 0 spiro atoms. The Kier molecular flexibility index (Phi) is 8.60. The zero-order chi connectivity index (χ0) is 7.33. The van der Waals surface area contributed by atoms with E-state index in [1.54, 1.807) is 0 Å². The van der Waals surface area contributed by atoms with Gasteiger partial charge in [0, 0.05) is 0 Å². The van der Waals surface area contributed by atoms with Gasteiger partial charge in [-0.25, -0.2) is 5.14 Å². The van der Waals surface area contributed by atoms with Crippen LogP contribution < -0.4 is 5.14 Å². The number of rotatable bonds is 4. The third-order valence-electron chi connectivity index (χ3n) is 0.745. The van der Waals surface area contributed by atoms with Crippen LogP contribution in [0.1, 0.15) is 19.8 Å². The monoisotopic (exact) mass is 271 g/mol. The van der Waals surface area contributed by atoms with Gasteiger partial charge in [-0.3, -0.25) is 4.18 Å². The van der Waals surface area contributed by atoms with Crippen LogP contribution in [0.15, 0.2) is 0 Å². The van der Waals surface area contributed by atoms with Gasteiger partial charge in [0.15, 0.2) is 0 Å². The van der Waals surface area contributed by atoms with Crippen molar-refractivity contribution in [2.45, 2.75) is 19.8 Å². The molecule has 0 saturated carbocycles. The summed E-state index contributed by atoms with van der Waals surface area (Å²) in [5, 5.41) is 4.53. The first-order valence-corrected chi connectivity index (χ1v) is 4.20. The predicted octanol–water partition coefficient (Wildman–Crippen LogP) is -1.18. The van der Waals surface area contributed by atoms with E-state index in [0.717, 1.165) is 12.8 Å². The fourth-order valence-electron chi connectivity index (χ4n) is 0.319. The van der Waals surface area contributed by atoms with E-state index in [-0.39, 0.29) is 32.5 Å². The van der Waals surface area contributed by atoms with Gasteiger partial charge in [0.05, 0.1) is 6.61 Å². The summed E-state index contributed by atoms with van der Waals surface area (Å²) < 4.78 is 24.3. The molecule has 0 bridgehead atoms. The van der Waals surface area contributed by atoms with Gasteiger partial charge in [-0.1, -0.05) is 13.3 Å². The Labute approximate surface area is 80.2 Å². The molecule has 0 aliphatic carbocycles. The zero-order valence-corrected chi connectivity index (χ0v) is 6.15. The fourth-order valence-corrected chi connectivity index (χ4v) is 0.670. The van der Waals surface area contributed by atoms with Gasteiger partial charge in [-0.05, 0) is 6.42 Å². The minimum atomic E-state index is -3.70. The second-order valence-electron chi connectivity index (χ2n) is 1.67. The molecule has 10 heavy (non-hydrogen) atoms. The van der Waals surface area contributed by atoms with Gasteiger partial charge in [0.1, 0.15) is 0 Å². The van der Waals surface area contributed by atoms with Gasteiger partial charge in [-0.2, -0.15) is 8.42 Å². The van der Waals surface area contributed by atoms with Gasteiger partial charge in [0.2, 0.25) is 0 Å². The molecule has 62 valence electrons. The number of hydrogen-bond donors (Lipinski definition) is 1. The summed E-state index contributed by atoms with van der Waals surface area (Å²) in [5.74, 6) is 0. The molecule has 0 atom stereocenters. The second-order valence-corrected chi connectivity index (χ2v) is 2.89. The summed E-state index contributed by atoms with van der Waals surface area (Å²) in [4.78, 5) is 0. The Morgan fingerprint density at radius 3 is 2.30 bits per heavy atom. The molecule has 0 radical (unpaired) electrons. The molecule has 0 rings (SSSR count). The van der Waals surface area contributed by atoms with Crippen LogP contribution in [0.3, 0.4) is 0 Å². The van der Waals surface area contributed by atoms with E-state index in [1.165, 1.54) is 0 Å². The third kappa shape index (κ3) is 11.5. The average molecular weight is 271 g/mol. The average Bonchev–Trinajstić information content (AvgIpc) is 1.63. The van der Waals surface area contributed by atoms with E-state index in [1.807, 2.05) is 6.92 Å². The van der Waals surface area contributed by atoms with Crippen molar-refractivity contribution in [3.63, 3.8) is 0 Å². The number of unbranched alkanes of at least 4 members (excludes halogenated alkanes) is 1. The van der Waals surface area contributed by atoms with E-state index in [9.17, 15) is 8.42 Å². The predicted molar refractivity (Wildman–Crippen MR) is 43.9 cm³/mol. The first-order valence-electron chi connectivity index (χ1n) is 2.73. The van der Waals surface area contributed by atoms with Gasteiger partial charge in [-0.15, -0.1) is 0 Å². The fraction of sp³-hybridized carbons (Fsp3) is 1.00. The van der Waals surface area contributed by atoms with Crippen LogP contribution in [0, 0.1) is 0 Å². The van der Waals surface area contributed by atoms with Gasteiger partial charge < -0.3 is 0 Å². The van der Waals surface area contributed by atoms with Crippen molar-refractivity contribution in [1.82, 2.24) is 0 Å². The molecular weight excluding hydrogens is 257 g/mol. The third-order valence-corrected chi connectivity index (χ3v) is 1.24. The van der Waals surface area contributed by atoms with Crippen molar-refractivity contribution in [3.05, 3.63) is 0 Å². The summed E-state index contributed by atoms with van der Waals surface area (Å²) in [6.07, 6.45) is 1.62. The van der Waals surface area contributed by atoms with E-state index >= 15 is 0 Å². The molecule has 4 nitrogen and oxygen atoms in total. The van der Waals surface area contributed by atoms with Crippen molar-refractivity contribution in [2.75, 3.05) is 6.61 Å².